The van der Waals surface area contributed by atoms with Gasteiger partial charge in [0.1, 0.15) is 5.82 Å². The molecule has 124 valence electrons. The lowest BCUT2D eigenvalue weighted by atomic mass is 10.2. The van der Waals surface area contributed by atoms with Crippen molar-refractivity contribution >= 4 is 38.9 Å². The minimum atomic E-state index is -0.401. The first-order valence-electron chi connectivity index (χ1n) is 7.15. The van der Waals surface area contributed by atoms with Gasteiger partial charge in [-0.2, -0.15) is 4.52 Å². The molecule has 9 heteroatoms. The fourth-order valence-corrected chi connectivity index (χ4v) is 3.17. The second kappa shape index (κ2) is 6.23. The van der Waals surface area contributed by atoms with Gasteiger partial charge in [0.15, 0.2) is 5.82 Å². The van der Waals surface area contributed by atoms with Crippen molar-refractivity contribution in [2.24, 2.45) is 0 Å². The van der Waals surface area contributed by atoms with Crippen LogP contribution in [0.4, 0.5) is 9.52 Å². The van der Waals surface area contributed by atoms with Crippen molar-refractivity contribution in [1.29, 1.82) is 0 Å². The van der Waals surface area contributed by atoms with Crippen LogP contribution < -0.4 is 5.32 Å². The van der Waals surface area contributed by atoms with Crippen molar-refractivity contribution < 1.29 is 9.18 Å². The van der Waals surface area contributed by atoms with Gasteiger partial charge in [0.05, 0.1) is 0 Å². The lowest BCUT2D eigenvalue weighted by molar-refractivity contribution is 0.102. The Bertz CT molecular complexity index is 1080. The molecule has 25 heavy (non-hydrogen) atoms. The van der Waals surface area contributed by atoms with E-state index in [0.717, 1.165) is 5.56 Å². The minimum absolute atomic E-state index is 0.336. The Balaban J connectivity index is 1.64. The van der Waals surface area contributed by atoms with Gasteiger partial charge < -0.3 is 0 Å². The van der Waals surface area contributed by atoms with Crippen molar-refractivity contribution in [1.82, 2.24) is 19.8 Å². The number of nitrogens with one attached hydrogen (secondary N) is 1. The SMILES string of the molecule is O=C(Nc1nn2c(-c3cccc(Cl)c3)nnc2s1)c1ccc(F)cc1. The molecule has 0 saturated carbocycles. The topological polar surface area (TPSA) is 72.2 Å². The van der Waals surface area contributed by atoms with E-state index in [1.165, 1.54) is 40.1 Å². The number of nitrogens with zero attached hydrogens (tertiary/aromatic N) is 4. The molecule has 4 aromatic rings. The third-order valence-corrected chi connectivity index (χ3v) is 4.45. The first-order chi connectivity index (χ1) is 12.1. The summed E-state index contributed by atoms with van der Waals surface area (Å²) in [7, 11) is 0. The Kier molecular flexibility index (Phi) is 3.90. The van der Waals surface area contributed by atoms with Crippen LogP contribution in [-0.4, -0.2) is 25.7 Å². The van der Waals surface area contributed by atoms with Gasteiger partial charge in [0.25, 0.3) is 5.91 Å². The van der Waals surface area contributed by atoms with E-state index in [9.17, 15) is 9.18 Å². The number of carbonyl (C=O) groups excluding carboxylic acids is 1. The maximum Gasteiger partial charge on any atom is 0.257 e. The zero-order chi connectivity index (χ0) is 17.4. The summed E-state index contributed by atoms with van der Waals surface area (Å²) >= 11 is 7.19. The number of rotatable bonds is 3. The summed E-state index contributed by atoms with van der Waals surface area (Å²) in [5.74, 6) is -0.258. The average molecular weight is 374 g/mol. The molecule has 0 spiro atoms. The first kappa shape index (κ1) is 15.7. The highest BCUT2D eigenvalue weighted by Gasteiger charge is 2.15. The van der Waals surface area contributed by atoms with Crippen LogP contribution in [0.1, 0.15) is 10.4 Å². The standard InChI is InChI=1S/C16H9ClFN5OS/c17-11-3-1-2-10(8-11)13-20-21-16-23(13)22-15(25-16)19-14(24)9-4-6-12(18)7-5-9/h1-8H,(H,19,22,24). The van der Waals surface area contributed by atoms with E-state index >= 15 is 0 Å². The highest BCUT2D eigenvalue weighted by atomic mass is 35.5. The summed E-state index contributed by atoms with van der Waals surface area (Å²) in [5, 5.41) is 16.1. The molecule has 0 atom stereocenters. The van der Waals surface area contributed by atoms with E-state index in [-0.39, 0.29) is 5.91 Å². The van der Waals surface area contributed by atoms with Crippen molar-refractivity contribution in [3.63, 3.8) is 0 Å². The number of hydrogen-bond acceptors (Lipinski definition) is 5. The molecular weight excluding hydrogens is 365 g/mol. The quantitative estimate of drug-likeness (QED) is 0.591. The van der Waals surface area contributed by atoms with Gasteiger partial charge >= 0.3 is 0 Å². The van der Waals surface area contributed by atoms with Crippen LogP contribution in [0.15, 0.2) is 48.5 Å². The van der Waals surface area contributed by atoms with Crippen LogP contribution in [0.5, 0.6) is 0 Å². The Morgan fingerprint density at radius 3 is 2.72 bits per heavy atom. The third-order valence-electron chi connectivity index (χ3n) is 3.40. The number of fused-ring (bicyclic) bond motifs is 1. The van der Waals surface area contributed by atoms with E-state index < -0.39 is 5.82 Å². The molecule has 0 fully saturated rings. The molecule has 2 heterocycles. The highest BCUT2D eigenvalue weighted by Crippen LogP contribution is 2.26. The van der Waals surface area contributed by atoms with Crippen molar-refractivity contribution in [3.8, 4) is 11.4 Å². The van der Waals surface area contributed by atoms with Crippen molar-refractivity contribution in [3.05, 3.63) is 64.9 Å². The van der Waals surface area contributed by atoms with Gasteiger partial charge in [-0.05, 0) is 36.4 Å². The molecule has 1 N–H and O–H groups in total. The molecular formula is C16H9ClFN5OS. The molecule has 0 aliphatic rings. The monoisotopic (exact) mass is 373 g/mol. The number of anilines is 1. The highest BCUT2D eigenvalue weighted by molar-refractivity contribution is 7.20. The Hall–Kier alpha value is -2.84. The van der Waals surface area contributed by atoms with Gasteiger partial charge in [0, 0.05) is 16.1 Å². The number of hydrogen-bond donors (Lipinski definition) is 1. The molecule has 0 aliphatic carbocycles. The van der Waals surface area contributed by atoms with Crippen LogP contribution in [0, 0.1) is 5.82 Å². The summed E-state index contributed by atoms with van der Waals surface area (Å²) in [6.07, 6.45) is 0. The zero-order valence-electron chi connectivity index (χ0n) is 12.5. The first-order valence-corrected chi connectivity index (χ1v) is 8.35. The lowest BCUT2D eigenvalue weighted by Gasteiger charge is -2.01. The van der Waals surface area contributed by atoms with Crippen LogP contribution in [-0.2, 0) is 0 Å². The van der Waals surface area contributed by atoms with Crippen LogP contribution in [0.2, 0.25) is 5.02 Å². The molecule has 0 radical (unpaired) electrons. The van der Waals surface area contributed by atoms with E-state index in [1.807, 2.05) is 12.1 Å². The largest absolute Gasteiger partial charge is 0.296 e. The number of aromatic nitrogens is 4. The molecule has 6 nitrogen and oxygen atoms in total. The number of halogens is 2. The predicted octanol–water partition coefficient (Wildman–Crippen LogP) is 3.90. The lowest BCUT2D eigenvalue weighted by Crippen LogP contribution is -2.11. The van der Waals surface area contributed by atoms with Crippen molar-refractivity contribution in [2.75, 3.05) is 5.32 Å². The molecule has 0 aliphatic heterocycles. The average Bonchev–Trinajstić information content (AvgIpc) is 3.15. The molecule has 1 amide bonds. The fraction of sp³-hybridized carbons (Fsp3) is 0. The summed E-state index contributed by atoms with van der Waals surface area (Å²) in [6.45, 7) is 0. The minimum Gasteiger partial charge on any atom is -0.296 e. The van der Waals surface area contributed by atoms with E-state index in [2.05, 4.69) is 20.6 Å². The summed E-state index contributed by atoms with van der Waals surface area (Å²) in [5.41, 5.74) is 1.10. The maximum atomic E-state index is 12.9. The molecule has 0 saturated heterocycles. The van der Waals surface area contributed by atoms with Gasteiger partial charge in [-0.1, -0.05) is 35.1 Å². The Morgan fingerprint density at radius 1 is 1.16 bits per heavy atom. The van der Waals surface area contributed by atoms with E-state index in [1.54, 1.807) is 12.1 Å². The third kappa shape index (κ3) is 3.09. The van der Waals surface area contributed by atoms with Gasteiger partial charge in [-0.3, -0.25) is 10.1 Å². The maximum absolute atomic E-state index is 12.9. The summed E-state index contributed by atoms with van der Waals surface area (Å²) < 4.78 is 14.5. The molecule has 0 bridgehead atoms. The van der Waals surface area contributed by atoms with Crippen molar-refractivity contribution in [2.45, 2.75) is 0 Å². The molecule has 0 unspecified atom stereocenters. The van der Waals surface area contributed by atoms with Gasteiger partial charge in [-0.15, -0.1) is 15.3 Å². The van der Waals surface area contributed by atoms with E-state index in [4.69, 9.17) is 11.6 Å². The smallest absolute Gasteiger partial charge is 0.257 e. The van der Waals surface area contributed by atoms with Crippen LogP contribution >= 0.6 is 22.9 Å². The molecule has 2 aromatic carbocycles. The zero-order valence-corrected chi connectivity index (χ0v) is 14.1. The number of amides is 1. The second-order valence-corrected chi connectivity index (χ2v) is 6.49. The predicted molar refractivity (Wildman–Crippen MR) is 93.5 cm³/mol. The van der Waals surface area contributed by atoms with Gasteiger partial charge in [-0.25, -0.2) is 4.39 Å². The Labute approximate surface area is 149 Å². The number of carbonyl (C=O) groups is 1. The Morgan fingerprint density at radius 2 is 1.96 bits per heavy atom. The summed E-state index contributed by atoms with van der Waals surface area (Å²) in [4.78, 5) is 12.7. The van der Waals surface area contributed by atoms with Gasteiger partial charge in [0.2, 0.25) is 10.1 Å². The summed E-state index contributed by atoms with van der Waals surface area (Å²) in [6, 6.07) is 12.4. The number of benzene rings is 2. The molecule has 4 rings (SSSR count). The van der Waals surface area contributed by atoms with E-state index in [0.29, 0.717) is 26.5 Å². The fourth-order valence-electron chi connectivity index (χ4n) is 2.25. The molecule has 2 aromatic heterocycles. The van der Waals surface area contributed by atoms with Crippen LogP contribution in [0.25, 0.3) is 16.3 Å². The normalized spacial score (nSPS) is 11.0. The van der Waals surface area contributed by atoms with Crippen LogP contribution in [0.3, 0.4) is 0 Å². The second-order valence-electron chi connectivity index (χ2n) is 5.10.